The molecule has 0 aromatic rings. The normalized spacial score (nSPS) is 12.1. The molecule has 0 aromatic carbocycles. The SMILES string of the molecule is CC/C(C(C)=O)=C(\NC)B(O)O. The summed E-state index contributed by atoms with van der Waals surface area (Å²) < 4.78 is 0. The summed E-state index contributed by atoms with van der Waals surface area (Å²) in [4.78, 5) is 11.0. The van der Waals surface area contributed by atoms with Crippen molar-refractivity contribution in [3.05, 3.63) is 11.2 Å². The maximum atomic E-state index is 11.0. The third-order valence-electron chi connectivity index (χ3n) is 1.63. The molecule has 0 aromatic heterocycles. The van der Waals surface area contributed by atoms with Crippen LogP contribution in [0.4, 0.5) is 0 Å². The van der Waals surface area contributed by atoms with Crippen LogP contribution in [0.3, 0.4) is 0 Å². The Hall–Kier alpha value is -0.805. The Kier molecular flexibility index (Phi) is 4.62. The first-order valence-electron chi connectivity index (χ1n) is 3.82. The van der Waals surface area contributed by atoms with Gasteiger partial charge in [0.2, 0.25) is 0 Å². The van der Waals surface area contributed by atoms with Crippen molar-refractivity contribution in [2.45, 2.75) is 20.3 Å². The Bertz CT molecular complexity index is 201. The van der Waals surface area contributed by atoms with E-state index < -0.39 is 7.12 Å². The van der Waals surface area contributed by atoms with E-state index in [9.17, 15) is 4.79 Å². The zero-order valence-corrected chi connectivity index (χ0v) is 7.59. The zero-order chi connectivity index (χ0) is 9.72. The van der Waals surface area contributed by atoms with Gasteiger partial charge in [-0.2, -0.15) is 0 Å². The number of ketones is 1. The van der Waals surface area contributed by atoms with Crippen molar-refractivity contribution in [3.63, 3.8) is 0 Å². The lowest BCUT2D eigenvalue weighted by molar-refractivity contribution is -0.113. The minimum Gasteiger partial charge on any atom is -0.422 e. The number of nitrogens with one attached hydrogen (secondary N) is 1. The molecule has 0 aliphatic heterocycles. The number of carbonyl (C=O) groups excluding carboxylic acids is 1. The van der Waals surface area contributed by atoms with Crippen LogP contribution in [0, 0.1) is 0 Å². The number of rotatable bonds is 4. The topological polar surface area (TPSA) is 69.6 Å². The second kappa shape index (κ2) is 4.95. The fourth-order valence-electron chi connectivity index (χ4n) is 1.06. The summed E-state index contributed by atoms with van der Waals surface area (Å²) >= 11 is 0. The smallest absolute Gasteiger partial charge is 0.422 e. The number of Topliss-reactive ketones (excluding diaryl/α,β-unsaturated/α-hetero) is 1. The quantitative estimate of drug-likeness (QED) is 0.392. The molecule has 4 nitrogen and oxygen atoms in total. The largest absolute Gasteiger partial charge is 0.505 e. The molecule has 0 aliphatic carbocycles. The molecule has 0 aliphatic rings. The molecule has 0 atom stereocenters. The van der Waals surface area contributed by atoms with Crippen LogP contribution >= 0.6 is 0 Å². The van der Waals surface area contributed by atoms with E-state index in [0.717, 1.165) is 0 Å². The van der Waals surface area contributed by atoms with Crippen LogP contribution in [0.1, 0.15) is 20.3 Å². The van der Waals surface area contributed by atoms with Gasteiger partial charge in [-0.05, 0) is 13.3 Å². The van der Waals surface area contributed by atoms with E-state index in [0.29, 0.717) is 12.0 Å². The molecule has 12 heavy (non-hydrogen) atoms. The zero-order valence-electron chi connectivity index (χ0n) is 7.59. The van der Waals surface area contributed by atoms with Gasteiger partial charge in [-0.15, -0.1) is 0 Å². The highest BCUT2D eigenvalue weighted by Crippen LogP contribution is 2.08. The number of hydrogen-bond donors (Lipinski definition) is 3. The molecular weight excluding hydrogens is 157 g/mol. The van der Waals surface area contributed by atoms with Gasteiger partial charge in [0.05, 0.1) is 0 Å². The van der Waals surface area contributed by atoms with Gasteiger partial charge >= 0.3 is 7.12 Å². The van der Waals surface area contributed by atoms with Crippen LogP contribution in [0.2, 0.25) is 0 Å². The highest BCUT2D eigenvalue weighted by molar-refractivity contribution is 6.51. The van der Waals surface area contributed by atoms with Crippen molar-refractivity contribution in [2.75, 3.05) is 7.05 Å². The highest BCUT2D eigenvalue weighted by atomic mass is 16.4. The van der Waals surface area contributed by atoms with Crippen molar-refractivity contribution >= 4 is 12.9 Å². The van der Waals surface area contributed by atoms with E-state index in [4.69, 9.17) is 10.0 Å². The third kappa shape index (κ3) is 2.67. The Labute approximate surface area is 72.4 Å². The molecular formula is C7H14BNO3. The van der Waals surface area contributed by atoms with Gasteiger partial charge in [0.1, 0.15) is 0 Å². The number of carbonyl (C=O) groups is 1. The molecule has 0 bridgehead atoms. The van der Waals surface area contributed by atoms with Crippen molar-refractivity contribution in [1.82, 2.24) is 5.32 Å². The summed E-state index contributed by atoms with van der Waals surface area (Å²) in [6.45, 7) is 3.19. The first kappa shape index (κ1) is 11.2. The molecule has 0 unspecified atom stereocenters. The van der Waals surface area contributed by atoms with Gasteiger partial charge in [-0.1, -0.05) is 6.92 Å². The highest BCUT2D eigenvalue weighted by Gasteiger charge is 2.19. The predicted octanol–water partition coefficient (Wildman–Crippen LogP) is -0.529. The van der Waals surface area contributed by atoms with Crippen LogP contribution in [0.25, 0.3) is 0 Å². The fraction of sp³-hybridized carbons (Fsp3) is 0.571. The van der Waals surface area contributed by atoms with Crippen molar-refractivity contribution in [3.8, 4) is 0 Å². The Balaban J connectivity index is 4.87. The van der Waals surface area contributed by atoms with Gasteiger partial charge in [0.15, 0.2) is 5.78 Å². The van der Waals surface area contributed by atoms with E-state index in [-0.39, 0.29) is 11.4 Å². The van der Waals surface area contributed by atoms with Crippen molar-refractivity contribution < 1.29 is 14.8 Å². The molecule has 0 rings (SSSR count). The minimum absolute atomic E-state index is 0.144. The molecule has 5 heteroatoms. The third-order valence-corrected chi connectivity index (χ3v) is 1.63. The molecule has 0 spiro atoms. The van der Waals surface area contributed by atoms with Gasteiger partial charge in [-0.3, -0.25) is 4.79 Å². The molecule has 0 amide bonds. The maximum absolute atomic E-state index is 11.0. The number of allylic oxidation sites excluding steroid dienone is 1. The summed E-state index contributed by atoms with van der Waals surface area (Å²) in [5.74, 6) is -0.144. The monoisotopic (exact) mass is 171 g/mol. The summed E-state index contributed by atoms with van der Waals surface area (Å²) in [5.41, 5.74) is 0.609. The Morgan fingerprint density at radius 3 is 2.08 bits per heavy atom. The molecule has 0 saturated carbocycles. The summed E-state index contributed by atoms with van der Waals surface area (Å²) in [7, 11) is -0.0539. The van der Waals surface area contributed by atoms with Gasteiger partial charge in [-0.25, -0.2) is 0 Å². The lowest BCUT2D eigenvalue weighted by atomic mass is 9.80. The minimum atomic E-state index is -1.60. The molecule has 0 saturated heterocycles. The fourth-order valence-corrected chi connectivity index (χ4v) is 1.06. The molecule has 3 N–H and O–H groups in total. The van der Waals surface area contributed by atoms with E-state index >= 15 is 0 Å². The summed E-state index contributed by atoms with van der Waals surface area (Å²) in [5, 5.41) is 20.3. The summed E-state index contributed by atoms with van der Waals surface area (Å²) in [6, 6.07) is 0. The van der Waals surface area contributed by atoms with Crippen LogP contribution in [0.15, 0.2) is 11.2 Å². The second-order valence-corrected chi connectivity index (χ2v) is 2.43. The van der Waals surface area contributed by atoms with Crippen LogP contribution in [-0.2, 0) is 4.79 Å². The number of hydrogen-bond acceptors (Lipinski definition) is 4. The molecule has 0 heterocycles. The first-order chi connectivity index (χ1) is 5.54. The van der Waals surface area contributed by atoms with Gasteiger partial charge in [0, 0.05) is 18.2 Å². The standard InChI is InChI=1S/C7H14BNO3/c1-4-6(5(2)10)7(9-3)8(11)12/h9,11-12H,4H2,1-3H3/b7-6+. The molecule has 0 radical (unpaired) electrons. The van der Waals surface area contributed by atoms with E-state index in [1.165, 1.54) is 6.92 Å². The average molecular weight is 171 g/mol. The van der Waals surface area contributed by atoms with E-state index in [1.54, 1.807) is 14.0 Å². The Morgan fingerprint density at radius 1 is 1.50 bits per heavy atom. The van der Waals surface area contributed by atoms with Crippen LogP contribution in [-0.4, -0.2) is 30.0 Å². The van der Waals surface area contributed by atoms with Crippen molar-refractivity contribution in [1.29, 1.82) is 0 Å². The van der Waals surface area contributed by atoms with Gasteiger partial charge < -0.3 is 15.4 Å². The molecule has 0 fully saturated rings. The van der Waals surface area contributed by atoms with Crippen LogP contribution in [0.5, 0.6) is 0 Å². The Morgan fingerprint density at radius 2 is 2.00 bits per heavy atom. The maximum Gasteiger partial charge on any atom is 0.505 e. The average Bonchev–Trinajstić information content (AvgIpc) is 1.98. The predicted molar refractivity (Wildman–Crippen MR) is 47.2 cm³/mol. The molecule has 68 valence electrons. The lowest BCUT2D eigenvalue weighted by Crippen LogP contribution is -2.28. The van der Waals surface area contributed by atoms with Gasteiger partial charge in [0.25, 0.3) is 0 Å². The van der Waals surface area contributed by atoms with E-state index in [1.807, 2.05) is 0 Å². The van der Waals surface area contributed by atoms with Crippen molar-refractivity contribution in [2.24, 2.45) is 0 Å². The van der Waals surface area contributed by atoms with E-state index in [2.05, 4.69) is 5.32 Å². The first-order valence-corrected chi connectivity index (χ1v) is 3.82. The lowest BCUT2D eigenvalue weighted by Gasteiger charge is -2.10. The second-order valence-electron chi connectivity index (χ2n) is 2.43. The summed E-state index contributed by atoms with van der Waals surface area (Å²) in [6.07, 6.45) is 0.489. The van der Waals surface area contributed by atoms with Crippen LogP contribution < -0.4 is 5.32 Å².